The summed E-state index contributed by atoms with van der Waals surface area (Å²) in [6, 6.07) is 24.1. The number of ether oxygens (including phenoxy) is 1. The van der Waals surface area contributed by atoms with Gasteiger partial charge in [0.25, 0.3) is 5.85 Å². The monoisotopic (exact) mass is 358 g/mol. The quantitative estimate of drug-likeness (QED) is 0.490. The number of benzene rings is 4. The van der Waals surface area contributed by atoms with Crippen molar-refractivity contribution in [3.63, 3.8) is 0 Å². The van der Waals surface area contributed by atoms with Crippen molar-refractivity contribution >= 4 is 33.1 Å². The number of rotatable bonds is 2. The third kappa shape index (κ3) is 2.11. The summed E-state index contributed by atoms with van der Waals surface area (Å²) in [4.78, 5) is 9.89. The van der Waals surface area contributed by atoms with Gasteiger partial charge in [-0.2, -0.15) is 0 Å². The van der Waals surface area contributed by atoms with Gasteiger partial charge in [0, 0.05) is 28.5 Å². The molecule has 0 radical (unpaired) electrons. The molecule has 1 aliphatic rings. The molecule has 1 heterocycles. The minimum absolute atomic E-state index is 0.634. The number of halogens is 1. The van der Waals surface area contributed by atoms with Gasteiger partial charge in [0.2, 0.25) is 0 Å². The summed E-state index contributed by atoms with van der Waals surface area (Å²) < 4.78 is 5.83. The first-order valence-corrected chi connectivity index (χ1v) is 8.80. The minimum atomic E-state index is -1.11. The van der Waals surface area contributed by atoms with Gasteiger partial charge in [0.05, 0.1) is 10.7 Å². The topological polar surface area (TPSA) is 34.0 Å². The van der Waals surface area contributed by atoms with Gasteiger partial charge in [0.1, 0.15) is 0 Å². The van der Waals surface area contributed by atoms with Crippen molar-refractivity contribution < 1.29 is 4.74 Å². The Bertz CT molecular complexity index is 1220. The molecular weight excluding hydrogens is 344 g/mol. The zero-order valence-corrected chi connectivity index (χ0v) is 14.9. The molecule has 26 heavy (non-hydrogen) atoms. The highest BCUT2D eigenvalue weighted by Gasteiger charge is 2.35. The van der Waals surface area contributed by atoms with E-state index in [0.717, 1.165) is 27.1 Å². The molecule has 0 atom stereocenters. The molecule has 4 aromatic carbocycles. The van der Waals surface area contributed by atoms with E-state index in [1.54, 1.807) is 7.11 Å². The van der Waals surface area contributed by atoms with Crippen molar-refractivity contribution in [2.75, 3.05) is 7.11 Å². The van der Waals surface area contributed by atoms with E-state index in [1.807, 2.05) is 48.5 Å². The van der Waals surface area contributed by atoms with Crippen LogP contribution in [0.5, 0.6) is 0 Å². The van der Waals surface area contributed by atoms with Crippen molar-refractivity contribution in [3.05, 3.63) is 94.1 Å². The van der Waals surface area contributed by atoms with Crippen molar-refractivity contribution in [1.29, 1.82) is 0 Å². The molecule has 5 rings (SSSR count). The highest BCUT2D eigenvalue weighted by molar-refractivity contribution is 6.30. The van der Waals surface area contributed by atoms with Gasteiger partial charge in [-0.3, -0.25) is 0 Å². The van der Waals surface area contributed by atoms with Crippen LogP contribution in [-0.2, 0) is 10.6 Å². The lowest BCUT2D eigenvalue weighted by Gasteiger charge is -2.21. The average Bonchev–Trinajstić information content (AvgIpc) is 3.10. The highest BCUT2D eigenvalue weighted by atomic mass is 35.5. The van der Waals surface area contributed by atoms with Crippen molar-refractivity contribution in [2.45, 2.75) is 5.85 Å². The molecule has 0 saturated heterocycles. The maximum absolute atomic E-state index is 6.20. The molecule has 3 nitrogen and oxygen atoms in total. The fraction of sp³-hybridized carbons (Fsp3) is 0.0909. The number of hydrogen-bond donors (Lipinski definition) is 0. The molecule has 0 amide bonds. The molecule has 0 N–H and O–H groups in total. The van der Waals surface area contributed by atoms with E-state index in [0.29, 0.717) is 5.02 Å². The van der Waals surface area contributed by atoms with Gasteiger partial charge in [-0.25, -0.2) is 9.98 Å². The van der Waals surface area contributed by atoms with E-state index in [1.165, 1.54) is 10.8 Å². The second-order valence-corrected chi connectivity index (χ2v) is 6.77. The molecule has 4 heteroatoms. The molecule has 0 saturated carbocycles. The lowest BCUT2D eigenvalue weighted by molar-refractivity contribution is -0.000350. The van der Waals surface area contributed by atoms with Crippen LogP contribution < -0.4 is 10.7 Å². The Morgan fingerprint density at radius 2 is 1.27 bits per heavy atom. The number of methoxy groups -OCH3 is 1. The second kappa shape index (κ2) is 5.63. The largest absolute Gasteiger partial charge is 0.335 e. The summed E-state index contributed by atoms with van der Waals surface area (Å²) in [5, 5.41) is 6.84. The lowest BCUT2D eigenvalue weighted by Crippen LogP contribution is -2.23. The van der Waals surface area contributed by atoms with Crippen LogP contribution in [0.3, 0.4) is 0 Å². The summed E-state index contributed by atoms with van der Waals surface area (Å²) in [6.45, 7) is 0. The molecule has 0 bridgehead atoms. The summed E-state index contributed by atoms with van der Waals surface area (Å²) in [6.07, 6.45) is 0. The van der Waals surface area contributed by atoms with Crippen LogP contribution in [0.1, 0.15) is 5.56 Å². The fourth-order valence-corrected chi connectivity index (χ4v) is 3.88. The third-order valence-corrected chi connectivity index (χ3v) is 5.13. The second-order valence-electron chi connectivity index (χ2n) is 6.33. The zero-order chi connectivity index (χ0) is 17.7. The maximum Gasteiger partial charge on any atom is 0.285 e. The Hall–Kier alpha value is -2.75. The summed E-state index contributed by atoms with van der Waals surface area (Å²) in [7, 11) is 1.63. The third-order valence-electron chi connectivity index (χ3n) is 4.89. The van der Waals surface area contributed by atoms with Crippen LogP contribution in [0.4, 0.5) is 0 Å². The number of fused-ring (bicyclic) bond motifs is 6. The first kappa shape index (κ1) is 15.5. The molecular formula is C22H15ClN2O. The molecule has 1 aliphatic heterocycles. The highest BCUT2D eigenvalue weighted by Crippen LogP contribution is 2.32. The van der Waals surface area contributed by atoms with E-state index < -0.39 is 5.85 Å². The maximum atomic E-state index is 6.20. The normalized spacial score (nSPS) is 14.8. The first-order valence-electron chi connectivity index (χ1n) is 8.42. The van der Waals surface area contributed by atoms with Crippen LogP contribution in [0.2, 0.25) is 5.02 Å². The molecule has 126 valence electrons. The number of nitrogens with zero attached hydrogens (tertiary/aromatic N) is 2. The standard InChI is InChI=1S/C22H15ClN2O/c1-26-22(14-7-6-8-15(23)13-14)24-20-18-11-4-2-9-16(18)17-10-3-5-12-19(17)21(20)25-22/h2-13H,1H3. The fourth-order valence-electron chi connectivity index (χ4n) is 3.69. The first-order chi connectivity index (χ1) is 12.7. The van der Waals surface area contributed by atoms with Crippen LogP contribution >= 0.6 is 11.6 Å². The van der Waals surface area contributed by atoms with E-state index in [2.05, 4.69) is 24.3 Å². The van der Waals surface area contributed by atoms with E-state index >= 15 is 0 Å². The van der Waals surface area contributed by atoms with Gasteiger partial charge in [-0.1, -0.05) is 72.3 Å². The summed E-state index contributed by atoms with van der Waals surface area (Å²) in [5.74, 6) is -1.11. The van der Waals surface area contributed by atoms with Gasteiger partial charge >= 0.3 is 0 Å². The summed E-state index contributed by atoms with van der Waals surface area (Å²) in [5.41, 5.74) is 0.817. The predicted octanol–water partition coefficient (Wildman–Crippen LogP) is 4.36. The van der Waals surface area contributed by atoms with Crippen molar-refractivity contribution in [2.24, 2.45) is 9.98 Å². The van der Waals surface area contributed by atoms with Crippen LogP contribution in [-0.4, -0.2) is 7.11 Å². The Kier molecular flexibility index (Phi) is 3.36. The van der Waals surface area contributed by atoms with Gasteiger partial charge in [0.15, 0.2) is 0 Å². The van der Waals surface area contributed by atoms with Gasteiger partial charge in [-0.15, -0.1) is 0 Å². The number of hydrogen-bond acceptors (Lipinski definition) is 3. The van der Waals surface area contributed by atoms with Gasteiger partial charge < -0.3 is 4.74 Å². The molecule has 0 aromatic heterocycles. The molecule has 0 spiro atoms. The lowest BCUT2D eigenvalue weighted by atomic mass is 10.0. The molecule has 4 aromatic rings. The molecule has 0 aliphatic carbocycles. The van der Waals surface area contributed by atoms with Gasteiger partial charge in [-0.05, 0) is 22.9 Å². The summed E-state index contributed by atoms with van der Waals surface area (Å²) >= 11 is 6.20. The predicted molar refractivity (Wildman–Crippen MR) is 104 cm³/mol. The molecule has 0 unspecified atom stereocenters. The Morgan fingerprint density at radius 3 is 1.77 bits per heavy atom. The average molecular weight is 359 g/mol. The Labute approximate surface area is 155 Å². The van der Waals surface area contributed by atoms with E-state index in [4.69, 9.17) is 26.3 Å². The van der Waals surface area contributed by atoms with Crippen molar-refractivity contribution in [1.82, 2.24) is 0 Å². The zero-order valence-electron chi connectivity index (χ0n) is 14.1. The Balaban J connectivity index is 1.97. The van der Waals surface area contributed by atoms with Crippen LogP contribution in [0, 0.1) is 0 Å². The van der Waals surface area contributed by atoms with Crippen LogP contribution in [0.15, 0.2) is 82.8 Å². The van der Waals surface area contributed by atoms with Crippen LogP contribution in [0.25, 0.3) is 21.5 Å². The van der Waals surface area contributed by atoms with E-state index in [-0.39, 0.29) is 0 Å². The smallest absolute Gasteiger partial charge is 0.285 e. The SMILES string of the molecule is COC1(c2cccc(Cl)c2)N=c2c(c3ccccc3c3ccccc23)=N1. The minimum Gasteiger partial charge on any atom is -0.335 e. The Morgan fingerprint density at radius 1 is 0.731 bits per heavy atom. The van der Waals surface area contributed by atoms with Crippen molar-refractivity contribution in [3.8, 4) is 0 Å². The molecule has 0 fully saturated rings. The van der Waals surface area contributed by atoms with E-state index in [9.17, 15) is 0 Å².